The molecule has 1 unspecified atom stereocenters. The zero-order valence-electron chi connectivity index (χ0n) is 10.8. The van der Waals surface area contributed by atoms with E-state index in [9.17, 15) is 0 Å². The van der Waals surface area contributed by atoms with Crippen LogP contribution in [0.2, 0.25) is 0 Å². The number of rotatable bonds is 11. The largest absolute Gasteiger partial charge is 0.313 e. The Morgan fingerprint density at radius 3 is 2.40 bits per heavy atom. The van der Waals surface area contributed by atoms with Crippen molar-refractivity contribution < 1.29 is 0 Å². The van der Waals surface area contributed by atoms with Crippen molar-refractivity contribution in [3.63, 3.8) is 0 Å². The number of unbranched alkanes of at least 4 members (excludes halogenated alkanes) is 2. The van der Waals surface area contributed by atoms with Crippen LogP contribution >= 0.6 is 11.8 Å². The molecule has 1 N–H and O–H groups in total. The van der Waals surface area contributed by atoms with Crippen LogP contribution in [0.25, 0.3) is 0 Å². The van der Waals surface area contributed by atoms with Gasteiger partial charge in [0.25, 0.3) is 0 Å². The number of hydrogen-bond acceptors (Lipinski definition) is 2. The SMILES string of the molecule is CCCCCSCC(CCC)NCCC. The second-order valence-corrected chi connectivity index (χ2v) is 5.37. The molecule has 0 saturated heterocycles. The predicted molar refractivity (Wildman–Crippen MR) is 73.8 cm³/mol. The molecule has 2 heteroatoms. The summed E-state index contributed by atoms with van der Waals surface area (Å²) >= 11 is 2.13. The van der Waals surface area contributed by atoms with E-state index >= 15 is 0 Å². The van der Waals surface area contributed by atoms with Crippen LogP contribution in [0.15, 0.2) is 0 Å². The molecule has 0 aromatic heterocycles. The minimum absolute atomic E-state index is 0.751. The van der Waals surface area contributed by atoms with Crippen LogP contribution in [-0.2, 0) is 0 Å². The van der Waals surface area contributed by atoms with Crippen molar-refractivity contribution in [1.29, 1.82) is 0 Å². The van der Waals surface area contributed by atoms with E-state index in [1.54, 1.807) is 0 Å². The quantitative estimate of drug-likeness (QED) is 0.538. The van der Waals surface area contributed by atoms with Gasteiger partial charge in [-0.2, -0.15) is 11.8 Å². The van der Waals surface area contributed by atoms with E-state index in [0.29, 0.717) is 0 Å². The van der Waals surface area contributed by atoms with E-state index < -0.39 is 0 Å². The third-order valence-corrected chi connectivity index (χ3v) is 3.75. The lowest BCUT2D eigenvalue weighted by Gasteiger charge is -2.17. The lowest BCUT2D eigenvalue weighted by atomic mass is 10.2. The summed E-state index contributed by atoms with van der Waals surface area (Å²) in [6.07, 6.45) is 8.02. The zero-order chi connectivity index (χ0) is 11.4. The van der Waals surface area contributed by atoms with Gasteiger partial charge in [-0.3, -0.25) is 0 Å². The summed E-state index contributed by atoms with van der Waals surface area (Å²) in [5, 5.41) is 3.64. The second-order valence-electron chi connectivity index (χ2n) is 4.22. The highest BCUT2D eigenvalue weighted by molar-refractivity contribution is 7.99. The summed E-state index contributed by atoms with van der Waals surface area (Å²) in [6.45, 7) is 7.97. The molecule has 0 aromatic rings. The Bertz CT molecular complexity index is 117. The Morgan fingerprint density at radius 1 is 1.00 bits per heavy atom. The van der Waals surface area contributed by atoms with Crippen molar-refractivity contribution in [3.8, 4) is 0 Å². The molecule has 0 fully saturated rings. The van der Waals surface area contributed by atoms with E-state index in [0.717, 1.165) is 6.04 Å². The molecule has 0 bridgehead atoms. The Labute approximate surface area is 101 Å². The molecular formula is C13H29NS. The Hall–Kier alpha value is 0.310. The van der Waals surface area contributed by atoms with E-state index in [4.69, 9.17) is 0 Å². The van der Waals surface area contributed by atoms with Gasteiger partial charge in [0.2, 0.25) is 0 Å². The summed E-state index contributed by atoms with van der Waals surface area (Å²) in [7, 11) is 0. The Kier molecular flexibility index (Phi) is 12.6. The fourth-order valence-electron chi connectivity index (χ4n) is 1.62. The maximum Gasteiger partial charge on any atom is 0.0158 e. The van der Waals surface area contributed by atoms with Gasteiger partial charge in [0, 0.05) is 11.8 Å². The summed E-state index contributed by atoms with van der Waals surface area (Å²) < 4.78 is 0. The van der Waals surface area contributed by atoms with Gasteiger partial charge in [-0.25, -0.2) is 0 Å². The average Bonchev–Trinajstić information content (AvgIpc) is 2.25. The smallest absolute Gasteiger partial charge is 0.0158 e. The van der Waals surface area contributed by atoms with Crippen LogP contribution in [0.1, 0.15) is 59.3 Å². The highest BCUT2D eigenvalue weighted by atomic mass is 32.2. The van der Waals surface area contributed by atoms with Gasteiger partial charge < -0.3 is 5.32 Å². The molecular weight excluding hydrogens is 202 g/mol. The fourth-order valence-corrected chi connectivity index (χ4v) is 2.76. The molecule has 0 aliphatic rings. The van der Waals surface area contributed by atoms with Gasteiger partial charge in [-0.05, 0) is 31.6 Å². The molecule has 0 spiro atoms. The molecule has 0 aliphatic carbocycles. The standard InChI is InChI=1S/C13H29NS/c1-4-7-8-11-15-12-13(9-5-2)14-10-6-3/h13-14H,4-12H2,1-3H3. The lowest BCUT2D eigenvalue weighted by molar-refractivity contribution is 0.514. The van der Waals surface area contributed by atoms with Crippen LogP contribution < -0.4 is 5.32 Å². The molecule has 0 rings (SSSR count). The topological polar surface area (TPSA) is 12.0 Å². The third kappa shape index (κ3) is 10.6. The third-order valence-electron chi connectivity index (χ3n) is 2.53. The van der Waals surface area contributed by atoms with Crippen LogP contribution in [-0.4, -0.2) is 24.1 Å². The van der Waals surface area contributed by atoms with Gasteiger partial charge >= 0.3 is 0 Å². The molecule has 0 radical (unpaired) electrons. The van der Waals surface area contributed by atoms with E-state index in [2.05, 4.69) is 37.8 Å². The van der Waals surface area contributed by atoms with E-state index in [1.165, 1.54) is 56.6 Å². The van der Waals surface area contributed by atoms with Crippen LogP contribution in [0.4, 0.5) is 0 Å². The summed E-state index contributed by atoms with van der Waals surface area (Å²) in [5.74, 6) is 2.65. The van der Waals surface area contributed by atoms with Gasteiger partial charge in [0.15, 0.2) is 0 Å². The average molecular weight is 231 g/mol. The number of hydrogen-bond donors (Lipinski definition) is 1. The molecule has 92 valence electrons. The Morgan fingerprint density at radius 2 is 1.80 bits per heavy atom. The van der Waals surface area contributed by atoms with Gasteiger partial charge in [-0.15, -0.1) is 0 Å². The summed E-state index contributed by atoms with van der Waals surface area (Å²) in [4.78, 5) is 0. The fraction of sp³-hybridized carbons (Fsp3) is 1.00. The normalized spacial score (nSPS) is 13.0. The molecule has 1 atom stereocenters. The van der Waals surface area contributed by atoms with E-state index in [1.807, 2.05) is 0 Å². The molecule has 15 heavy (non-hydrogen) atoms. The highest BCUT2D eigenvalue weighted by Gasteiger charge is 2.05. The maximum absolute atomic E-state index is 3.64. The molecule has 0 aliphatic heterocycles. The minimum atomic E-state index is 0.751. The van der Waals surface area contributed by atoms with Crippen molar-refractivity contribution in [2.75, 3.05) is 18.1 Å². The monoisotopic (exact) mass is 231 g/mol. The van der Waals surface area contributed by atoms with Crippen molar-refractivity contribution in [2.45, 2.75) is 65.3 Å². The van der Waals surface area contributed by atoms with Crippen molar-refractivity contribution in [2.24, 2.45) is 0 Å². The van der Waals surface area contributed by atoms with Crippen LogP contribution in [0, 0.1) is 0 Å². The van der Waals surface area contributed by atoms with Crippen LogP contribution in [0.5, 0.6) is 0 Å². The predicted octanol–water partition coefficient (Wildman–Crippen LogP) is 4.08. The van der Waals surface area contributed by atoms with Gasteiger partial charge in [0.1, 0.15) is 0 Å². The number of thioether (sulfide) groups is 1. The van der Waals surface area contributed by atoms with Crippen molar-refractivity contribution >= 4 is 11.8 Å². The maximum atomic E-state index is 3.64. The molecule has 0 aromatic carbocycles. The zero-order valence-corrected chi connectivity index (χ0v) is 11.7. The summed E-state index contributed by atoms with van der Waals surface area (Å²) in [6, 6.07) is 0.751. The van der Waals surface area contributed by atoms with Crippen LogP contribution in [0.3, 0.4) is 0 Å². The lowest BCUT2D eigenvalue weighted by Crippen LogP contribution is -2.31. The second kappa shape index (κ2) is 12.4. The van der Waals surface area contributed by atoms with Gasteiger partial charge in [-0.1, -0.05) is 40.0 Å². The van der Waals surface area contributed by atoms with Crippen molar-refractivity contribution in [3.05, 3.63) is 0 Å². The minimum Gasteiger partial charge on any atom is -0.313 e. The first-order valence-corrected chi connectivity index (χ1v) is 7.81. The Balaban J connectivity index is 3.38. The molecule has 0 saturated carbocycles. The highest BCUT2D eigenvalue weighted by Crippen LogP contribution is 2.10. The first-order valence-electron chi connectivity index (χ1n) is 6.66. The molecule has 0 amide bonds. The van der Waals surface area contributed by atoms with E-state index in [-0.39, 0.29) is 0 Å². The van der Waals surface area contributed by atoms with Gasteiger partial charge in [0.05, 0.1) is 0 Å². The first-order chi connectivity index (χ1) is 7.35. The molecule has 0 heterocycles. The number of nitrogens with one attached hydrogen (secondary N) is 1. The van der Waals surface area contributed by atoms with Crippen molar-refractivity contribution in [1.82, 2.24) is 5.32 Å². The molecule has 1 nitrogen and oxygen atoms in total. The first kappa shape index (κ1) is 15.3. The summed E-state index contributed by atoms with van der Waals surface area (Å²) in [5.41, 5.74) is 0.